The fraction of sp³-hybridized carbons (Fsp3) is 0.182. The monoisotopic (exact) mass is 372 g/mol. The zero-order chi connectivity index (χ0) is 19.0. The minimum absolute atomic E-state index is 0.0220. The molecular formula is C22H19ClF2O. The molecule has 0 aliphatic rings. The fourth-order valence-electron chi connectivity index (χ4n) is 3.23. The minimum Gasteiger partial charge on any atom is -0.506 e. The molecule has 3 aromatic carbocycles. The lowest BCUT2D eigenvalue weighted by atomic mass is 9.83. The smallest absolute Gasteiger partial charge is 0.138 e. The standard InChI is InChI=1S/C22H19ClF2O/c1-12-8-17(22(26)18(23)9-12)21(15-4-6-19(24)13(2)10-15)16-5-7-20(25)14(3)11-16/h4-11,21,26H,1-3H3. The summed E-state index contributed by atoms with van der Waals surface area (Å²) in [6.45, 7) is 5.27. The van der Waals surface area contributed by atoms with Gasteiger partial charge in [-0.25, -0.2) is 8.78 Å². The number of hydrogen-bond donors (Lipinski definition) is 1. The van der Waals surface area contributed by atoms with Crippen LogP contribution in [0.2, 0.25) is 5.02 Å². The largest absolute Gasteiger partial charge is 0.506 e. The zero-order valence-electron chi connectivity index (χ0n) is 14.8. The Bertz CT molecular complexity index is 931. The van der Waals surface area contributed by atoms with Crippen LogP contribution >= 0.6 is 11.6 Å². The van der Waals surface area contributed by atoms with Crippen LogP contribution in [0.5, 0.6) is 5.75 Å². The predicted octanol–water partition coefficient (Wildman–Crippen LogP) is 6.43. The van der Waals surface area contributed by atoms with Crippen molar-refractivity contribution < 1.29 is 13.9 Å². The number of phenolic OH excluding ortho intramolecular Hbond substituents is 1. The molecule has 0 amide bonds. The van der Waals surface area contributed by atoms with Crippen LogP contribution in [0.4, 0.5) is 8.78 Å². The summed E-state index contributed by atoms with van der Waals surface area (Å²) in [6, 6.07) is 13.2. The van der Waals surface area contributed by atoms with Crippen molar-refractivity contribution >= 4 is 11.6 Å². The first kappa shape index (κ1) is 18.4. The number of hydrogen-bond acceptors (Lipinski definition) is 1. The van der Waals surface area contributed by atoms with Gasteiger partial charge in [0.25, 0.3) is 0 Å². The van der Waals surface area contributed by atoms with Gasteiger partial charge in [-0.1, -0.05) is 41.9 Å². The molecular weight excluding hydrogens is 354 g/mol. The Morgan fingerprint density at radius 2 is 1.31 bits per heavy atom. The van der Waals surface area contributed by atoms with E-state index in [1.807, 2.05) is 13.0 Å². The summed E-state index contributed by atoms with van der Waals surface area (Å²) in [4.78, 5) is 0. The molecule has 0 aliphatic carbocycles. The van der Waals surface area contributed by atoms with Gasteiger partial charge < -0.3 is 5.11 Å². The Kier molecular flexibility index (Phi) is 5.01. The second-order valence-electron chi connectivity index (χ2n) is 6.63. The lowest BCUT2D eigenvalue weighted by Gasteiger charge is -2.22. The van der Waals surface area contributed by atoms with Crippen molar-refractivity contribution in [2.24, 2.45) is 0 Å². The summed E-state index contributed by atoms with van der Waals surface area (Å²) >= 11 is 6.18. The van der Waals surface area contributed by atoms with Crippen molar-refractivity contribution in [3.63, 3.8) is 0 Å². The Labute approximate surface area is 156 Å². The first-order chi connectivity index (χ1) is 12.3. The Hall–Kier alpha value is -2.39. The highest BCUT2D eigenvalue weighted by molar-refractivity contribution is 6.32. The summed E-state index contributed by atoms with van der Waals surface area (Å²) in [6.07, 6.45) is 0. The quantitative estimate of drug-likeness (QED) is 0.525. The molecule has 0 unspecified atom stereocenters. The summed E-state index contributed by atoms with van der Waals surface area (Å²) in [7, 11) is 0. The van der Waals surface area contributed by atoms with Crippen molar-refractivity contribution in [3.8, 4) is 5.75 Å². The molecule has 0 aliphatic heterocycles. The van der Waals surface area contributed by atoms with Crippen LogP contribution in [0.1, 0.15) is 39.3 Å². The number of benzene rings is 3. The van der Waals surface area contributed by atoms with Crippen LogP contribution in [0, 0.1) is 32.4 Å². The van der Waals surface area contributed by atoms with Crippen LogP contribution in [0.25, 0.3) is 0 Å². The molecule has 1 nitrogen and oxygen atoms in total. The molecule has 4 heteroatoms. The van der Waals surface area contributed by atoms with Crippen molar-refractivity contribution in [1.82, 2.24) is 0 Å². The fourth-order valence-corrected chi connectivity index (χ4v) is 3.51. The summed E-state index contributed by atoms with van der Waals surface area (Å²) < 4.78 is 27.5. The van der Waals surface area contributed by atoms with E-state index in [0.717, 1.165) is 16.7 Å². The highest BCUT2D eigenvalue weighted by Crippen LogP contribution is 2.41. The van der Waals surface area contributed by atoms with Crippen LogP contribution < -0.4 is 0 Å². The number of rotatable bonds is 3. The molecule has 134 valence electrons. The normalized spacial score (nSPS) is 11.2. The zero-order valence-corrected chi connectivity index (χ0v) is 15.5. The van der Waals surface area contributed by atoms with E-state index in [1.54, 1.807) is 44.2 Å². The highest BCUT2D eigenvalue weighted by Gasteiger charge is 2.23. The third-order valence-corrected chi connectivity index (χ3v) is 4.87. The van der Waals surface area contributed by atoms with Crippen molar-refractivity contribution in [2.45, 2.75) is 26.7 Å². The molecule has 26 heavy (non-hydrogen) atoms. The van der Waals surface area contributed by atoms with Gasteiger partial charge in [-0.3, -0.25) is 0 Å². The molecule has 3 rings (SSSR count). The van der Waals surface area contributed by atoms with Crippen molar-refractivity contribution in [2.75, 3.05) is 0 Å². The molecule has 0 fully saturated rings. The molecule has 0 atom stereocenters. The molecule has 1 N–H and O–H groups in total. The third-order valence-electron chi connectivity index (χ3n) is 4.58. The summed E-state index contributed by atoms with van der Waals surface area (Å²) in [5.41, 5.74) is 4.10. The number of aryl methyl sites for hydroxylation is 3. The van der Waals surface area contributed by atoms with Gasteiger partial charge >= 0.3 is 0 Å². The Morgan fingerprint density at radius 3 is 1.77 bits per heavy atom. The van der Waals surface area contributed by atoms with E-state index < -0.39 is 5.92 Å². The first-order valence-corrected chi connectivity index (χ1v) is 8.67. The van der Waals surface area contributed by atoms with Gasteiger partial charge in [0, 0.05) is 11.5 Å². The molecule has 0 saturated heterocycles. The topological polar surface area (TPSA) is 20.2 Å². The van der Waals surface area contributed by atoms with E-state index in [2.05, 4.69) is 0 Å². The van der Waals surface area contributed by atoms with E-state index in [4.69, 9.17) is 11.6 Å². The molecule has 0 aromatic heterocycles. The summed E-state index contributed by atoms with van der Waals surface area (Å²) in [5.74, 6) is -1.01. The molecule has 0 radical (unpaired) electrons. The molecule has 0 saturated carbocycles. The van der Waals surface area contributed by atoms with Gasteiger partial charge in [-0.05, 0) is 66.8 Å². The number of halogens is 3. The molecule has 3 aromatic rings. The molecule has 0 heterocycles. The van der Waals surface area contributed by atoms with Gasteiger partial charge in [-0.15, -0.1) is 0 Å². The number of aromatic hydroxyl groups is 1. The molecule has 0 spiro atoms. The summed E-state index contributed by atoms with van der Waals surface area (Å²) in [5, 5.41) is 10.8. The Balaban J connectivity index is 2.29. The van der Waals surface area contributed by atoms with E-state index >= 15 is 0 Å². The number of phenols is 1. The van der Waals surface area contributed by atoms with Gasteiger partial charge in [0.05, 0.1) is 5.02 Å². The van der Waals surface area contributed by atoms with Gasteiger partial charge in [-0.2, -0.15) is 0 Å². The third kappa shape index (κ3) is 3.45. The second-order valence-corrected chi connectivity index (χ2v) is 7.04. The van der Waals surface area contributed by atoms with Crippen LogP contribution in [0.3, 0.4) is 0 Å². The van der Waals surface area contributed by atoms with Gasteiger partial charge in [0.1, 0.15) is 17.4 Å². The van der Waals surface area contributed by atoms with Gasteiger partial charge in [0.2, 0.25) is 0 Å². The SMILES string of the molecule is Cc1cc(Cl)c(O)c(C(c2ccc(F)c(C)c2)c2ccc(F)c(C)c2)c1. The van der Waals surface area contributed by atoms with Crippen LogP contribution in [0.15, 0.2) is 48.5 Å². The van der Waals surface area contributed by atoms with E-state index in [1.165, 1.54) is 12.1 Å². The second kappa shape index (κ2) is 7.08. The van der Waals surface area contributed by atoms with Crippen molar-refractivity contribution in [1.29, 1.82) is 0 Å². The van der Waals surface area contributed by atoms with E-state index in [9.17, 15) is 13.9 Å². The maximum atomic E-state index is 13.8. The maximum absolute atomic E-state index is 13.8. The lowest BCUT2D eigenvalue weighted by Crippen LogP contribution is -2.06. The van der Waals surface area contributed by atoms with E-state index in [-0.39, 0.29) is 22.4 Å². The first-order valence-electron chi connectivity index (χ1n) is 8.29. The Morgan fingerprint density at radius 1 is 0.808 bits per heavy atom. The van der Waals surface area contributed by atoms with Crippen LogP contribution in [-0.2, 0) is 0 Å². The maximum Gasteiger partial charge on any atom is 0.138 e. The predicted molar refractivity (Wildman–Crippen MR) is 101 cm³/mol. The van der Waals surface area contributed by atoms with Gasteiger partial charge in [0.15, 0.2) is 0 Å². The highest BCUT2D eigenvalue weighted by atomic mass is 35.5. The average Bonchev–Trinajstić information content (AvgIpc) is 2.58. The average molecular weight is 373 g/mol. The van der Waals surface area contributed by atoms with E-state index in [0.29, 0.717) is 16.7 Å². The van der Waals surface area contributed by atoms with Crippen LogP contribution in [-0.4, -0.2) is 5.11 Å². The molecule has 0 bridgehead atoms. The lowest BCUT2D eigenvalue weighted by molar-refractivity contribution is 0.467. The van der Waals surface area contributed by atoms with Crippen molar-refractivity contribution in [3.05, 3.63) is 98.6 Å². The minimum atomic E-state index is -0.397.